The van der Waals surface area contributed by atoms with Gasteiger partial charge in [0.25, 0.3) is 0 Å². The second kappa shape index (κ2) is 8.21. The average Bonchev–Trinajstić information content (AvgIpc) is 3.17. The summed E-state index contributed by atoms with van der Waals surface area (Å²) in [4.78, 5) is 9.56. The first kappa shape index (κ1) is 18.2. The van der Waals surface area contributed by atoms with Crippen molar-refractivity contribution in [2.24, 2.45) is 0 Å². The number of nitrogens with zero attached hydrogens (tertiary/aromatic N) is 5. The molecule has 2 N–H and O–H groups in total. The number of nitrogens with one attached hydrogen (secondary N) is 1. The number of halogens is 1. The Kier molecular flexibility index (Phi) is 5.52. The van der Waals surface area contributed by atoms with E-state index in [0.717, 1.165) is 54.8 Å². The number of aliphatic hydroxyl groups is 1. The number of fused-ring (bicyclic) bond motifs is 1. The number of rotatable bonds is 6. The fourth-order valence-electron chi connectivity index (χ4n) is 3.34. The summed E-state index contributed by atoms with van der Waals surface area (Å²) in [7, 11) is 0. The highest BCUT2D eigenvalue weighted by Gasteiger charge is 2.18. The molecule has 1 aliphatic rings. The minimum Gasteiger partial charge on any atom is -0.396 e. The molecule has 0 unspecified atom stereocenters. The average molecular weight is 387 g/mol. The number of benzene rings is 1. The molecule has 0 atom stereocenters. The standard InChI is InChI=1S/C19H23ClN6O/c20-15-4-1-3-14(11-15)12-17-23-19(26(24-17)8-2-10-27)16-13-25-9-7-21-6-5-18(25)22-16/h1,3-4,11,13,21,27H,2,5-10,12H2. The third-order valence-electron chi connectivity index (χ3n) is 4.64. The number of hydrogen-bond donors (Lipinski definition) is 2. The van der Waals surface area contributed by atoms with Crippen LogP contribution in [0.4, 0.5) is 0 Å². The maximum absolute atomic E-state index is 9.22. The van der Waals surface area contributed by atoms with Crippen LogP contribution in [-0.4, -0.2) is 49.1 Å². The molecule has 2 aromatic heterocycles. The normalized spacial score (nSPS) is 14.1. The maximum atomic E-state index is 9.22. The monoisotopic (exact) mass is 386 g/mol. The SMILES string of the molecule is OCCCn1nc(Cc2cccc(Cl)c2)nc1-c1cn2c(n1)CCNCC2. The lowest BCUT2D eigenvalue weighted by Gasteiger charge is -2.02. The van der Waals surface area contributed by atoms with Gasteiger partial charge >= 0.3 is 0 Å². The molecular formula is C19H23ClN6O. The summed E-state index contributed by atoms with van der Waals surface area (Å²) in [6, 6.07) is 7.74. The lowest BCUT2D eigenvalue weighted by molar-refractivity contribution is 0.277. The van der Waals surface area contributed by atoms with Crippen molar-refractivity contribution in [3.05, 3.63) is 52.7 Å². The van der Waals surface area contributed by atoms with E-state index >= 15 is 0 Å². The van der Waals surface area contributed by atoms with Crippen LogP contribution >= 0.6 is 11.6 Å². The molecule has 8 heteroatoms. The Morgan fingerprint density at radius 1 is 1.22 bits per heavy atom. The molecule has 3 heterocycles. The van der Waals surface area contributed by atoms with Crippen LogP contribution in [0.3, 0.4) is 0 Å². The fourth-order valence-corrected chi connectivity index (χ4v) is 3.55. The van der Waals surface area contributed by atoms with Gasteiger partial charge in [0, 0.05) is 56.8 Å². The van der Waals surface area contributed by atoms with Crippen molar-refractivity contribution in [3.8, 4) is 11.5 Å². The Bertz CT molecular complexity index is 895. The predicted octanol–water partition coefficient (Wildman–Crippen LogP) is 1.91. The summed E-state index contributed by atoms with van der Waals surface area (Å²) >= 11 is 6.09. The molecule has 0 radical (unpaired) electrons. The second-order valence-electron chi connectivity index (χ2n) is 6.69. The van der Waals surface area contributed by atoms with Crippen molar-refractivity contribution in [3.63, 3.8) is 0 Å². The van der Waals surface area contributed by atoms with Crippen LogP contribution in [-0.2, 0) is 25.9 Å². The van der Waals surface area contributed by atoms with Crippen LogP contribution in [0.15, 0.2) is 30.5 Å². The largest absolute Gasteiger partial charge is 0.396 e. The number of aliphatic hydroxyl groups excluding tert-OH is 1. The summed E-state index contributed by atoms with van der Waals surface area (Å²) < 4.78 is 4.05. The zero-order chi connectivity index (χ0) is 18.6. The Morgan fingerprint density at radius 2 is 2.15 bits per heavy atom. The molecule has 0 spiro atoms. The van der Waals surface area contributed by atoms with E-state index < -0.39 is 0 Å². The first-order valence-electron chi connectivity index (χ1n) is 9.29. The van der Waals surface area contributed by atoms with Gasteiger partial charge < -0.3 is 15.0 Å². The molecular weight excluding hydrogens is 364 g/mol. The molecule has 0 fully saturated rings. The zero-order valence-electron chi connectivity index (χ0n) is 15.1. The van der Waals surface area contributed by atoms with Gasteiger partial charge in [-0.15, -0.1) is 0 Å². The Morgan fingerprint density at radius 3 is 3.00 bits per heavy atom. The maximum Gasteiger partial charge on any atom is 0.178 e. The third-order valence-corrected chi connectivity index (χ3v) is 4.87. The van der Waals surface area contributed by atoms with Crippen LogP contribution in [0.2, 0.25) is 5.02 Å². The van der Waals surface area contributed by atoms with Gasteiger partial charge in [-0.05, 0) is 24.1 Å². The van der Waals surface area contributed by atoms with E-state index in [2.05, 4.69) is 21.2 Å². The summed E-state index contributed by atoms with van der Waals surface area (Å²) in [5.74, 6) is 2.56. The van der Waals surface area contributed by atoms with Gasteiger partial charge in [-0.3, -0.25) is 0 Å². The van der Waals surface area contributed by atoms with E-state index in [9.17, 15) is 5.11 Å². The molecule has 4 rings (SSSR count). The first-order chi connectivity index (χ1) is 13.2. The predicted molar refractivity (Wildman–Crippen MR) is 104 cm³/mol. The second-order valence-corrected chi connectivity index (χ2v) is 7.13. The van der Waals surface area contributed by atoms with Crippen LogP contribution in [0, 0.1) is 0 Å². The Labute approximate surface area is 163 Å². The fraction of sp³-hybridized carbons (Fsp3) is 0.421. The van der Waals surface area contributed by atoms with Crippen molar-refractivity contribution >= 4 is 11.6 Å². The number of aromatic nitrogens is 5. The van der Waals surface area contributed by atoms with Gasteiger partial charge in [-0.25, -0.2) is 14.6 Å². The van der Waals surface area contributed by atoms with Gasteiger partial charge in [0.05, 0.1) is 0 Å². The quantitative estimate of drug-likeness (QED) is 0.676. The van der Waals surface area contributed by atoms with Crippen LogP contribution in [0.25, 0.3) is 11.5 Å². The van der Waals surface area contributed by atoms with Crippen molar-refractivity contribution < 1.29 is 5.11 Å². The minimum atomic E-state index is 0.119. The smallest absolute Gasteiger partial charge is 0.178 e. The van der Waals surface area contributed by atoms with Gasteiger partial charge in [0.15, 0.2) is 11.6 Å². The van der Waals surface area contributed by atoms with E-state index in [1.165, 1.54) is 0 Å². The van der Waals surface area contributed by atoms with Crippen molar-refractivity contribution in [1.29, 1.82) is 0 Å². The summed E-state index contributed by atoms with van der Waals surface area (Å²) in [5.41, 5.74) is 1.91. The van der Waals surface area contributed by atoms with Crippen molar-refractivity contribution in [1.82, 2.24) is 29.6 Å². The van der Waals surface area contributed by atoms with E-state index in [1.807, 2.05) is 28.9 Å². The highest BCUT2D eigenvalue weighted by atomic mass is 35.5. The van der Waals surface area contributed by atoms with E-state index in [-0.39, 0.29) is 6.61 Å². The molecule has 1 aromatic carbocycles. The molecule has 0 saturated heterocycles. The van der Waals surface area contributed by atoms with Gasteiger partial charge in [0.1, 0.15) is 11.5 Å². The van der Waals surface area contributed by atoms with E-state index in [0.29, 0.717) is 24.4 Å². The summed E-state index contributed by atoms with van der Waals surface area (Å²) in [6.45, 7) is 3.52. The lowest BCUT2D eigenvalue weighted by Crippen LogP contribution is -2.17. The topological polar surface area (TPSA) is 80.8 Å². The molecule has 0 aliphatic carbocycles. The van der Waals surface area contributed by atoms with Crippen molar-refractivity contribution in [2.45, 2.75) is 32.4 Å². The molecule has 3 aromatic rings. The highest BCUT2D eigenvalue weighted by molar-refractivity contribution is 6.30. The molecule has 0 saturated carbocycles. The van der Waals surface area contributed by atoms with Gasteiger partial charge in [-0.1, -0.05) is 23.7 Å². The van der Waals surface area contributed by atoms with E-state index in [1.54, 1.807) is 0 Å². The lowest BCUT2D eigenvalue weighted by atomic mass is 10.1. The molecule has 27 heavy (non-hydrogen) atoms. The zero-order valence-corrected chi connectivity index (χ0v) is 15.9. The Balaban J connectivity index is 1.65. The van der Waals surface area contributed by atoms with Crippen LogP contribution in [0.1, 0.15) is 23.6 Å². The van der Waals surface area contributed by atoms with Crippen LogP contribution in [0.5, 0.6) is 0 Å². The van der Waals surface area contributed by atoms with Gasteiger partial charge in [0.2, 0.25) is 0 Å². The number of aryl methyl sites for hydroxylation is 1. The van der Waals surface area contributed by atoms with E-state index in [4.69, 9.17) is 21.6 Å². The Hall–Kier alpha value is -2.22. The molecule has 142 valence electrons. The number of imidazole rings is 1. The number of hydrogen-bond acceptors (Lipinski definition) is 5. The minimum absolute atomic E-state index is 0.119. The molecule has 0 amide bonds. The molecule has 1 aliphatic heterocycles. The summed E-state index contributed by atoms with van der Waals surface area (Å²) in [6.07, 6.45) is 4.20. The van der Waals surface area contributed by atoms with Crippen LogP contribution < -0.4 is 5.32 Å². The van der Waals surface area contributed by atoms with Crippen molar-refractivity contribution in [2.75, 3.05) is 19.7 Å². The highest BCUT2D eigenvalue weighted by Crippen LogP contribution is 2.20. The first-order valence-corrected chi connectivity index (χ1v) is 9.67. The summed E-state index contributed by atoms with van der Waals surface area (Å²) in [5, 5.41) is 18.0. The third kappa shape index (κ3) is 4.21. The molecule has 0 bridgehead atoms. The van der Waals surface area contributed by atoms with Gasteiger partial charge in [-0.2, -0.15) is 5.10 Å². The molecule has 7 nitrogen and oxygen atoms in total.